The molecule has 2 heterocycles. The van der Waals surface area contributed by atoms with Crippen molar-refractivity contribution in [3.63, 3.8) is 0 Å². The van der Waals surface area contributed by atoms with E-state index in [1.165, 1.54) is 0 Å². The maximum Gasteiger partial charge on any atom is 0.354 e. The second-order valence-corrected chi connectivity index (χ2v) is 5.98. The summed E-state index contributed by atoms with van der Waals surface area (Å²) in [6.07, 6.45) is -0.549. The van der Waals surface area contributed by atoms with E-state index >= 15 is 0 Å². The normalized spacial score (nSPS) is 21.6. The number of rotatable bonds is 6. The molecule has 10 nitrogen and oxygen atoms in total. The first-order chi connectivity index (χ1) is 13.0. The molecule has 2 aliphatic heterocycles. The number of carbonyl (C=O) groups is 3. The summed E-state index contributed by atoms with van der Waals surface area (Å²) in [5, 5.41) is 7.13. The van der Waals surface area contributed by atoms with E-state index in [-0.39, 0.29) is 25.2 Å². The van der Waals surface area contributed by atoms with E-state index < -0.39 is 23.3 Å². The molecule has 1 saturated heterocycles. The molecule has 2 aliphatic rings. The van der Waals surface area contributed by atoms with Gasteiger partial charge in [-0.1, -0.05) is 0 Å². The predicted octanol–water partition coefficient (Wildman–Crippen LogP) is 1.39. The van der Waals surface area contributed by atoms with E-state index in [4.69, 9.17) is 9.47 Å². The maximum absolute atomic E-state index is 13.1. The van der Waals surface area contributed by atoms with Crippen LogP contribution in [0.15, 0.2) is 34.7 Å². The van der Waals surface area contributed by atoms with Crippen LogP contribution in [0, 0.1) is 4.91 Å². The summed E-state index contributed by atoms with van der Waals surface area (Å²) < 4.78 is 10.2. The third-order valence-electron chi connectivity index (χ3n) is 4.35. The molecule has 142 valence electrons. The molecule has 1 spiro atoms. The Morgan fingerprint density at radius 2 is 1.89 bits per heavy atom. The number of ether oxygens (including phenoxy) is 2. The molecule has 0 saturated carbocycles. The topological polar surface area (TPSA) is 118 Å². The van der Waals surface area contributed by atoms with Gasteiger partial charge in [-0.05, 0) is 38.1 Å². The van der Waals surface area contributed by atoms with Crippen molar-refractivity contribution in [2.75, 3.05) is 18.1 Å². The van der Waals surface area contributed by atoms with Gasteiger partial charge in [-0.3, -0.25) is 9.59 Å². The standard InChI is InChI=1S/C17H18N4O6/c1-3-26-12-7-5-11(6-8-12)20-14(22)10-17(16(20)24)9-13(15(23)27-4-2)18-21(17)19-25/h5-8H,3-4,9-10H2,1-2H3/t17-/m0/s1. The van der Waals surface area contributed by atoms with Crippen LogP contribution in [0.5, 0.6) is 5.75 Å². The van der Waals surface area contributed by atoms with Crippen LogP contribution >= 0.6 is 0 Å². The van der Waals surface area contributed by atoms with E-state index in [0.29, 0.717) is 23.2 Å². The van der Waals surface area contributed by atoms with Gasteiger partial charge in [0.2, 0.25) is 5.91 Å². The monoisotopic (exact) mass is 374 g/mol. The number of hydrogen-bond acceptors (Lipinski definition) is 8. The number of imide groups is 1. The Labute approximate surface area is 154 Å². The van der Waals surface area contributed by atoms with Crippen molar-refractivity contribution in [1.82, 2.24) is 5.12 Å². The fourth-order valence-corrected chi connectivity index (χ4v) is 3.16. The Hall–Kier alpha value is -3.30. The van der Waals surface area contributed by atoms with Gasteiger partial charge in [0.05, 0.1) is 30.6 Å². The Morgan fingerprint density at radius 3 is 2.48 bits per heavy atom. The molecule has 0 bridgehead atoms. The van der Waals surface area contributed by atoms with Crippen LogP contribution in [0.3, 0.4) is 0 Å². The Balaban J connectivity index is 1.89. The molecule has 1 atom stereocenters. The van der Waals surface area contributed by atoms with E-state index in [2.05, 4.69) is 10.4 Å². The van der Waals surface area contributed by atoms with Crippen molar-refractivity contribution in [2.45, 2.75) is 32.2 Å². The largest absolute Gasteiger partial charge is 0.494 e. The first-order valence-electron chi connectivity index (χ1n) is 8.45. The molecule has 0 aliphatic carbocycles. The minimum Gasteiger partial charge on any atom is -0.494 e. The lowest BCUT2D eigenvalue weighted by atomic mass is 9.92. The minimum atomic E-state index is -1.64. The average Bonchev–Trinajstić information content (AvgIpc) is 3.14. The molecular formula is C17H18N4O6. The number of anilines is 1. The average molecular weight is 374 g/mol. The zero-order valence-corrected chi connectivity index (χ0v) is 14.9. The van der Waals surface area contributed by atoms with E-state index in [9.17, 15) is 19.3 Å². The summed E-state index contributed by atoms with van der Waals surface area (Å²) in [5.74, 6) is -1.33. The highest BCUT2D eigenvalue weighted by Crippen LogP contribution is 2.40. The molecule has 27 heavy (non-hydrogen) atoms. The van der Waals surface area contributed by atoms with Crippen molar-refractivity contribution in [1.29, 1.82) is 0 Å². The van der Waals surface area contributed by atoms with Crippen LogP contribution in [-0.4, -0.2) is 47.4 Å². The second-order valence-electron chi connectivity index (χ2n) is 5.98. The van der Waals surface area contributed by atoms with Crippen LogP contribution in [0.2, 0.25) is 0 Å². The second kappa shape index (κ2) is 7.14. The summed E-state index contributed by atoms with van der Waals surface area (Å²) in [7, 11) is 0. The zero-order chi connectivity index (χ0) is 19.6. The maximum atomic E-state index is 13.1. The minimum absolute atomic E-state index is 0.116. The number of nitrogens with zero attached hydrogens (tertiary/aromatic N) is 4. The van der Waals surface area contributed by atoms with Gasteiger partial charge in [-0.25, -0.2) is 9.69 Å². The van der Waals surface area contributed by atoms with Gasteiger partial charge in [0.1, 0.15) is 5.75 Å². The molecule has 0 unspecified atom stereocenters. The molecule has 1 aromatic carbocycles. The molecule has 0 N–H and O–H groups in total. The zero-order valence-electron chi connectivity index (χ0n) is 14.9. The lowest BCUT2D eigenvalue weighted by molar-refractivity contribution is -0.135. The third kappa shape index (κ3) is 3.03. The molecule has 10 heteroatoms. The number of hydrazone groups is 1. The van der Waals surface area contributed by atoms with Gasteiger partial charge in [0.25, 0.3) is 5.91 Å². The van der Waals surface area contributed by atoms with Gasteiger partial charge >= 0.3 is 5.97 Å². The number of carbonyl (C=O) groups excluding carboxylic acids is 3. The first-order valence-corrected chi connectivity index (χ1v) is 8.45. The third-order valence-corrected chi connectivity index (χ3v) is 4.35. The molecule has 0 radical (unpaired) electrons. The van der Waals surface area contributed by atoms with Gasteiger partial charge < -0.3 is 9.47 Å². The summed E-state index contributed by atoms with van der Waals surface area (Å²) in [6, 6.07) is 6.41. The molecule has 1 fully saturated rings. The summed E-state index contributed by atoms with van der Waals surface area (Å²) >= 11 is 0. The van der Waals surface area contributed by atoms with Crippen LogP contribution in [0.1, 0.15) is 26.7 Å². The Morgan fingerprint density at radius 1 is 1.19 bits per heavy atom. The fraction of sp³-hybridized carbons (Fsp3) is 0.412. The summed E-state index contributed by atoms with van der Waals surface area (Å²) in [6.45, 7) is 4.06. The molecule has 0 aromatic heterocycles. The van der Waals surface area contributed by atoms with Crippen LogP contribution < -0.4 is 9.64 Å². The number of esters is 1. The number of hydrogen-bond donors (Lipinski definition) is 0. The number of benzene rings is 1. The first kappa shape index (κ1) is 18.5. The van der Waals surface area contributed by atoms with E-state index in [0.717, 1.165) is 4.90 Å². The number of nitroso groups, excluding NO2 is 1. The van der Waals surface area contributed by atoms with Gasteiger partial charge in [0, 0.05) is 6.42 Å². The predicted molar refractivity (Wildman–Crippen MR) is 93.8 cm³/mol. The SMILES string of the molecule is CCOC(=O)C1=NN(N=O)[C@]2(CC(=O)N(c3ccc(OCC)cc3)C2=O)C1. The highest BCUT2D eigenvalue weighted by atomic mass is 16.5. The van der Waals surface area contributed by atoms with Crippen molar-refractivity contribution in [3.8, 4) is 5.75 Å². The van der Waals surface area contributed by atoms with Crippen LogP contribution in [0.4, 0.5) is 5.69 Å². The quantitative estimate of drug-likeness (QED) is 0.419. The van der Waals surface area contributed by atoms with E-state index in [1.807, 2.05) is 6.92 Å². The Kier molecular flexibility index (Phi) is 4.89. The van der Waals surface area contributed by atoms with Crippen LogP contribution in [0.25, 0.3) is 0 Å². The molecule has 3 rings (SSSR count). The van der Waals surface area contributed by atoms with Crippen LogP contribution in [-0.2, 0) is 19.1 Å². The molecular weight excluding hydrogens is 356 g/mol. The smallest absolute Gasteiger partial charge is 0.354 e. The van der Waals surface area contributed by atoms with Gasteiger partial charge in [-0.2, -0.15) is 0 Å². The van der Waals surface area contributed by atoms with Crippen molar-refractivity contribution in [2.24, 2.45) is 10.4 Å². The lowest BCUT2D eigenvalue weighted by Gasteiger charge is -2.24. The highest BCUT2D eigenvalue weighted by Gasteiger charge is 2.61. The molecule has 2 amide bonds. The van der Waals surface area contributed by atoms with Crippen molar-refractivity contribution < 1.29 is 23.9 Å². The molecule has 1 aromatic rings. The van der Waals surface area contributed by atoms with E-state index in [1.54, 1.807) is 31.2 Å². The van der Waals surface area contributed by atoms with Crippen molar-refractivity contribution in [3.05, 3.63) is 29.2 Å². The lowest BCUT2D eigenvalue weighted by Crippen LogP contribution is -2.48. The van der Waals surface area contributed by atoms with Gasteiger partial charge in [-0.15, -0.1) is 15.1 Å². The summed E-state index contributed by atoms with van der Waals surface area (Å²) in [4.78, 5) is 49.7. The number of amides is 2. The fourth-order valence-electron chi connectivity index (χ4n) is 3.16. The summed E-state index contributed by atoms with van der Waals surface area (Å²) in [5.41, 5.74) is -1.42. The Bertz CT molecular complexity index is 821. The van der Waals surface area contributed by atoms with Gasteiger partial charge in [0.15, 0.2) is 11.3 Å². The van der Waals surface area contributed by atoms with Crippen molar-refractivity contribution >= 4 is 29.2 Å². The highest BCUT2D eigenvalue weighted by molar-refractivity contribution is 6.39.